The van der Waals surface area contributed by atoms with Crippen LogP contribution in [0.1, 0.15) is 26.5 Å². The lowest BCUT2D eigenvalue weighted by molar-refractivity contribution is -0.123. The third kappa shape index (κ3) is 2.83. The van der Waals surface area contributed by atoms with Crippen molar-refractivity contribution in [3.63, 3.8) is 0 Å². The Morgan fingerprint density at radius 3 is 2.68 bits per heavy atom. The minimum atomic E-state index is -0.384. The molecule has 102 valence electrons. The minimum Gasteiger partial charge on any atom is -0.298 e. The Hall–Kier alpha value is -1.70. The molecule has 0 saturated carbocycles. The molecule has 0 aromatic carbocycles. The van der Waals surface area contributed by atoms with E-state index in [-0.39, 0.29) is 22.5 Å². The highest BCUT2D eigenvalue weighted by Gasteiger charge is 2.22. The highest BCUT2D eigenvalue weighted by atomic mass is 32.2. The molecule has 1 N–H and O–H groups in total. The van der Waals surface area contributed by atoms with Crippen molar-refractivity contribution < 1.29 is 4.79 Å². The summed E-state index contributed by atoms with van der Waals surface area (Å²) in [5, 5.41) is 12.3. The summed E-state index contributed by atoms with van der Waals surface area (Å²) in [7, 11) is 0. The molecule has 0 aliphatic rings. The Morgan fingerprint density at radius 1 is 1.37 bits per heavy atom. The van der Waals surface area contributed by atoms with E-state index in [0.29, 0.717) is 16.6 Å². The maximum atomic E-state index is 11.9. The summed E-state index contributed by atoms with van der Waals surface area (Å²) in [6, 6.07) is 0. The van der Waals surface area contributed by atoms with Gasteiger partial charge in [-0.05, 0) is 6.92 Å². The molecule has 8 heteroatoms. The first-order chi connectivity index (χ1) is 8.79. The molecule has 0 aliphatic heterocycles. The zero-order chi connectivity index (χ0) is 14.2. The molecule has 0 aliphatic carbocycles. The first-order valence-electron chi connectivity index (χ1n) is 5.77. The van der Waals surface area contributed by atoms with Crippen LogP contribution in [0.3, 0.4) is 0 Å². The number of H-pyrrole nitrogens is 1. The number of aromatic nitrogens is 5. The van der Waals surface area contributed by atoms with E-state index in [1.807, 2.05) is 20.8 Å². The lowest BCUT2D eigenvalue weighted by atomic mass is 9.92. The molecule has 0 radical (unpaired) electrons. The fraction of sp³-hybridized carbons (Fsp3) is 0.545. The van der Waals surface area contributed by atoms with E-state index in [4.69, 9.17) is 0 Å². The van der Waals surface area contributed by atoms with Crippen LogP contribution < -0.4 is 5.56 Å². The smallest absolute Gasteiger partial charge is 0.273 e. The van der Waals surface area contributed by atoms with Crippen LogP contribution in [0.2, 0.25) is 0 Å². The quantitative estimate of drug-likeness (QED) is 0.838. The highest BCUT2D eigenvalue weighted by molar-refractivity contribution is 7.99. The molecular weight excluding hydrogens is 266 g/mol. The van der Waals surface area contributed by atoms with Gasteiger partial charge in [0.2, 0.25) is 5.16 Å². The number of Topliss-reactive ketones (excluding diaryl/α,β-unsaturated/α-hetero) is 1. The molecule has 0 fully saturated rings. The molecule has 0 atom stereocenters. The number of thioether (sulfide) groups is 1. The second kappa shape index (κ2) is 4.76. The number of aryl methyl sites for hydroxylation is 1. The van der Waals surface area contributed by atoms with Crippen LogP contribution in [0.15, 0.2) is 9.95 Å². The van der Waals surface area contributed by atoms with Crippen molar-refractivity contribution in [2.75, 3.05) is 5.75 Å². The van der Waals surface area contributed by atoms with Crippen LogP contribution >= 0.6 is 11.8 Å². The molecule has 2 heterocycles. The Labute approximate surface area is 113 Å². The summed E-state index contributed by atoms with van der Waals surface area (Å²) in [4.78, 5) is 25.8. The maximum Gasteiger partial charge on any atom is 0.273 e. The number of nitrogens with zero attached hydrogens (tertiary/aromatic N) is 4. The topological polar surface area (TPSA) is 93.0 Å². The zero-order valence-corrected chi connectivity index (χ0v) is 12.0. The van der Waals surface area contributed by atoms with Crippen molar-refractivity contribution in [3.8, 4) is 0 Å². The lowest BCUT2D eigenvalue weighted by Gasteiger charge is -2.15. The SMILES string of the molecule is Cc1nn2c(SCC(=O)C(C)(C)C)nnc2[nH]c1=O. The summed E-state index contributed by atoms with van der Waals surface area (Å²) < 4.78 is 1.44. The normalized spacial score (nSPS) is 12.0. The van der Waals surface area contributed by atoms with E-state index in [9.17, 15) is 9.59 Å². The Bertz CT molecular complexity index is 682. The van der Waals surface area contributed by atoms with Gasteiger partial charge in [0.05, 0.1) is 5.75 Å². The molecule has 7 nitrogen and oxygen atoms in total. The Kier molecular flexibility index (Phi) is 3.44. The average Bonchev–Trinajstić information content (AvgIpc) is 2.68. The van der Waals surface area contributed by atoms with Gasteiger partial charge in [-0.1, -0.05) is 32.5 Å². The van der Waals surface area contributed by atoms with Crippen LogP contribution in [0.5, 0.6) is 0 Å². The summed E-state index contributed by atoms with van der Waals surface area (Å²) in [5.74, 6) is 0.696. The van der Waals surface area contributed by atoms with E-state index in [2.05, 4.69) is 20.3 Å². The first kappa shape index (κ1) is 13.7. The van der Waals surface area contributed by atoms with Gasteiger partial charge in [-0.2, -0.15) is 9.61 Å². The van der Waals surface area contributed by atoms with Gasteiger partial charge in [0.15, 0.2) is 0 Å². The molecular formula is C11H15N5O2S. The standard InChI is InChI=1S/C11H15N5O2S/c1-6-8(18)12-9-13-14-10(16(9)15-6)19-5-7(17)11(2,3)4/h5H2,1-4H3,(H,12,13,18). The van der Waals surface area contributed by atoms with Gasteiger partial charge in [-0.25, -0.2) is 0 Å². The molecule has 2 aromatic heterocycles. The van der Waals surface area contributed by atoms with Gasteiger partial charge in [0, 0.05) is 5.41 Å². The number of hydrogen-bond donors (Lipinski definition) is 1. The molecule has 0 unspecified atom stereocenters. The van der Waals surface area contributed by atoms with Gasteiger partial charge in [-0.15, -0.1) is 10.2 Å². The van der Waals surface area contributed by atoms with Gasteiger partial charge in [0.1, 0.15) is 11.5 Å². The largest absolute Gasteiger partial charge is 0.298 e. The molecule has 19 heavy (non-hydrogen) atoms. The monoisotopic (exact) mass is 281 g/mol. The van der Waals surface area contributed by atoms with E-state index in [0.717, 1.165) is 0 Å². The summed E-state index contributed by atoms with van der Waals surface area (Å²) in [6.07, 6.45) is 0. The third-order valence-corrected chi connectivity index (χ3v) is 3.50. The summed E-state index contributed by atoms with van der Waals surface area (Å²) in [6.45, 7) is 7.22. The molecule has 2 aromatic rings. The average molecular weight is 281 g/mol. The maximum absolute atomic E-state index is 11.9. The van der Waals surface area contributed by atoms with Crippen molar-refractivity contribution in [3.05, 3.63) is 16.0 Å². The van der Waals surface area contributed by atoms with Crippen molar-refractivity contribution >= 4 is 23.3 Å². The van der Waals surface area contributed by atoms with Crippen LogP contribution in [-0.2, 0) is 4.79 Å². The molecule has 0 bridgehead atoms. The van der Waals surface area contributed by atoms with Gasteiger partial charge >= 0.3 is 0 Å². The Balaban J connectivity index is 2.25. The Morgan fingerprint density at radius 2 is 2.05 bits per heavy atom. The lowest BCUT2D eigenvalue weighted by Crippen LogP contribution is -2.22. The number of hydrogen-bond acceptors (Lipinski definition) is 6. The number of aromatic amines is 1. The number of nitrogens with one attached hydrogen (secondary N) is 1. The van der Waals surface area contributed by atoms with Crippen molar-refractivity contribution in [1.82, 2.24) is 24.8 Å². The third-order valence-electron chi connectivity index (χ3n) is 2.58. The van der Waals surface area contributed by atoms with Crippen LogP contribution in [-0.4, -0.2) is 36.3 Å². The first-order valence-corrected chi connectivity index (χ1v) is 6.76. The van der Waals surface area contributed by atoms with Gasteiger partial charge < -0.3 is 0 Å². The number of fused-ring (bicyclic) bond motifs is 1. The van der Waals surface area contributed by atoms with Crippen molar-refractivity contribution in [2.45, 2.75) is 32.9 Å². The van der Waals surface area contributed by atoms with Crippen molar-refractivity contribution in [1.29, 1.82) is 0 Å². The summed E-state index contributed by atoms with van der Waals surface area (Å²) >= 11 is 1.26. The predicted molar refractivity (Wildman–Crippen MR) is 71.3 cm³/mol. The van der Waals surface area contributed by atoms with E-state index in [1.165, 1.54) is 16.3 Å². The number of carbonyl (C=O) groups is 1. The molecule has 0 amide bonds. The van der Waals surface area contributed by atoms with Crippen LogP contribution in [0.25, 0.3) is 5.78 Å². The number of rotatable bonds is 3. The van der Waals surface area contributed by atoms with Crippen molar-refractivity contribution in [2.24, 2.45) is 5.41 Å². The van der Waals surface area contributed by atoms with Crippen LogP contribution in [0, 0.1) is 12.3 Å². The van der Waals surface area contributed by atoms with E-state index >= 15 is 0 Å². The number of carbonyl (C=O) groups excluding carboxylic acids is 1. The molecule has 0 saturated heterocycles. The second-order valence-corrected chi connectivity index (χ2v) is 6.16. The highest BCUT2D eigenvalue weighted by Crippen LogP contribution is 2.21. The predicted octanol–water partition coefficient (Wildman–Crippen LogP) is 0.828. The second-order valence-electron chi connectivity index (χ2n) is 5.22. The fourth-order valence-corrected chi connectivity index (χ4v) is 2.30. The minimum absolute atomic E-state index is 0.121. The van der Waals surface area contributed by atoms with Gasteiger partial charge in [-0.3, -0.25) is 14.6 Å². The fourth-order valence-electron chi connectivity index (χ4n) is 1.26. The van der Waals surface area contributed by atoms with Gasteiger partial charge in [0.25, 0.3) is 11.3 Å². The molecule has 0 spiro atoms. The van der Waals surface area contributed by atoms with Crippen LogP contribution in [0.4, 0.5) is 0 Å². The summed E-state index contributed by atoms with van der Waals surface area (Å²) in [5.41, 5.74) is -0.343. The molecule has 2 rings (SSSR count). The number of ketones is 1. The van der Waals surface area contributed by atoms with E-state index in [1.54, 1.807) is 6.92 Å². The van der Waals surface area contributed by atoms with E-state index < -0.39 is 0 Å². The zero-order valence-electron chi connectivity index (χ0n) is 11.2.